The molecule has 3 heterocycles. The Morgan fingerprint density at radius 2 is 2.14 bits per heavy atom. The SMILES string of the molecule is CCc1nn2c(=O)cc(COC(=O)C3CN(C(C)=O)c4ccccc4O3)nc2s1. The monoisotopic (exact) mass is 414 g/mol. The lowest BCUT2D eigenvalue weighted by molar-refractivity contribution is -0.153. The number of anilines is 1. The van der Waals surface area contributed by atoms with Gasteiger partial charge in [-0.15, -0.1) is 0 Å². The van der Waals surface area contributed by atoms with E-state index in [0.717, 1.165) is 5.01 Å². The van der Waals surface area contributed by atoms with Crippen LogP contribution in [0.2, 0.25) is 0 Å². The summed E-state index contributed by atoms with van der Waals surface area (Å²) < 4.78 is 12.3. The maximum atomic E-state index is 12.5. The van der Waals surface area contributed by atoms with Crippen molar-refractivity contribution in [2.24, 2.45) is 0 Å². The first-order valence-corrected chi connectivity index (χ1v) is 9.87. The van der Waals surface area contributed by atoms with Crippen molar-refractivity contribution in [3.05, 3.63) is 51.4 Å². The van der Waals surface area contributed by atoms with Crippen LogP contribution in [0.1, 0.15) is 24.5 Å². The van der Waals surface area contributed by atoms with Gasteiger partial charge in [0, 0.05) is 13.0 Å². The summed E-state index contributed by atoms with van der Waals surface area (Å²) in [7, 11) is 0. The van der Waals surface area contributed by atoms with Crippen molar-refractivity contribution < 1.29 is 19.1 Å². The van der Waals surface area contributed by atoms with E-state index in [-0.39, 0.29) is 24.6 Å². The Labute approximate surface area is 169 Å². The number of fused-ring (bicyclic) bond motifs is 2. The molecule has 0 saturated heterocycles. The number of carbonyl (C=O) groups is 2. The van der Waals surface area contributed by atoms with Crippen LogP contribution in [-0.2, 0) is 27.4 Å². The molecule has 0 saturated carbocycles. The molecule has 10 heteroatoms. The minimum atomic E-state index is -0.964. The van der Waals surface area contributed by atoms with Gasteiger partial charge in [-0.2, -0.15) is 9.61 Å². The van der Waals surface area contributed by atoms with Crippen molar-refractivity contribution in [3.8, 4) is 5.75 Å². The number of hydrogen-bond acceptors (Lipinski definition) is 8. The minimum Gasteiger partial charge on any atom is -0.475 e. The van der Waals surface area contributed by atoms with Crippen molar-refractivity contribution in [2.45, 2.75) is 33.0 Å². The average Bonchev–Trinajstić information content (AvgIpc) is 3.15. The second-order valence-electron chi connectivity index (χ2n) is 6.44. The number of hydrogen-bond donors (Lipinski definition) is 0. The standard InChI is InChI=1S/C19H18N4O5S/c1-3-16-21-23-17(25)8-12(20-19(23)29-16)10-27-18(26)15-9-22(11(2)24)13-6-4-5-7-14(13)28-15/h4-8,15H,3,9-10H2,1-2H3. The number of nitrogens with zero attached hydrogens (tertiary/aromatic N) is 4. The molecule has 29 heavy (non-hydrogen) atoms. The quantitative estimate of drug-likeness (QED) is 0.597. The summed E-state index contributed by atoms with van der Waals surface area (Å²) in [5.41, 5.74) is 0.609. The van der Waals surface area contributed by atoms with Crippen LogP contribution in [0.15, 0.2) is 35.1 Å². The lowest BCUT2D eigenvalue weighted by Crippen LogP contribution is -2.47. The van der Waals surface area contributed by atoms with E-state index in [1.807, 2.05) is 6.92 Å². The Hall–Kier alpha value is -3.27. The minimum absolute atomic E-state index is 0.0506. The van der Waals surface area contributed by atoms with Crippen LogP contribution in [0.3, 0.4) is 0 Å². The Kier molecular flexibility index (Phi) is 5.01. The first-order chi connectivity index (χ1) is 14.0. The van der Waals surface area contributed by atoms with Crippen LogP contribution < -0.4 is 15.2 Å². The van der Waals surface area contributed by atoms with Gasteiger partial charge in [-0.1, -0.05) is 30.4 Å². The van der Waals surface area contributed by atoms with Crippen LogP contribution in [0, 0.1) is 0 Å². The molecule has 1 atom stereocenters. The second kappa shape index (κ2) is 7.63. The Morgan fingerprint density at radius 1 is 1.34 bits per heavy atom. The maximum Gasteiger partial charge on any atom is 0.349 e. The molecule has 1 aliphatic rings. The zero-order chi connectivity index (χ0) is 20.5. The third-order valence-electron chi connectivity index (χ3n) is 4.42. The molecule has 3 aromatic rings. The summed E-state index contributed by atoms with van der Waals surface area (Å²) in [6.07, 6.45) is -0.265. The molecule has 0 aliphatic carbocycles. The third-order valence-corrected chi connectivity index (χ3v) is 5.47. The number of rotatable bonds is 4. The van der Waals surface area contributed by atoms with Gasteiger partial charge in [-0.25, -0.2) is 9.78 Å². The van der Waals surface area contributed by atoms with Crippen LogP contribution in [-0.4, -0.2) is 39.1 Å². The largest absolute Gasteiger partial charge is 0.475 e. The lowest BCUT2D eigenvalue weighted by Gasteiger charge is -2.33. The van der Waals surface area contributed by atoms with Gasteiger partial charge in [0.2, 0.25) is 17.0 Å². The topological polar surface area (TPSA) is 103 Å². The number of ether oxygens (including phenoxy) is 2. The molecule has 1 unspecified atom stereocenters. The number of carbonyl (C=O) groups excluding carboxylic acids is 2. The fraction of sp³-hybridized carbons (Fsp3) is 0.316. The number of esters is 1. The van der Waals surface area contributed by atoms with E-state index in [2.05, 4.69) is 10.1 Å². The lowest BCUT2D eigenvalue weighted by atomic mass is 10.2. The van der Waals surface area contributed by atoms with Crippen LogP contribution in [0.4, 0.5) is 5.69 Å². The van der Waals surface area contributed by atoms with Gasteiger partial charge in [-0.3, -0.25) is 9.59 Å². The molecule has 4 rings (SSSR count). The Morgan fingerprint density at radius 3 is 2.90 bits per heavy atom. The highest BCUT2D eigenvalue weighted by Crippen LogP contribution is 2.33. The molecule has 1 aliphatic heterocycles. The fourth-order valence-corrected chi connectivity index (χ4v) is 3.86. The first-order valence-electron chi connectivity index (χ1n) is 9.05. The van der Waals surface area contributed by atoms with Gasteiger partial charge < -0.3 is 14.4 Å². The zero-order valence-corrected chi connectivity index (χ0v) is 16.6. The fourth-order valence-electron chi connectivity index (χ4n) is 3.01. The summed E-state index contributed by atoms with van der Waals surface area (Å²) in [5.74, 6) is -0.396. The van der Waals surface area contributed by atoms with E-state index in [1.54, 1.807) is 24.3 Å². The van der Waals surface area contributed by atoms with Crippen molar-refractivity contribution in [1.82, 2.24) is 14.6 Å². The van der Waals surface area contributed by atoms with Crippen molar-refractivity contribution in [1.29, 1.82) is 0 Å². The molecule has 1 aromatic carbocycles. The van der Waals surface area contributed by atoms with Crippen LogP contribution in [0.25, 0.3) is 4.96 Å². The van der Waals surface area contributed by atoms with Gasteiger partial charge in [0.15, 0.2) is 0 Å². The van der Waals surface area contributed by atoms with Gasteiger partial charge >= 0.3 is 5.97 Å². The molecule has 0 spiro atoms. The number of aryl methyl sites for hydroxylation is 1. The molecule has 150 valence electrons. The number of aromatic nitrogens is 3. The normalized spacial score (nSPS) is 15.7. The summed E-state index contributed by atoms with van der Waals surface area (Å²) in [5, 5.41) is 4.98. The predicted octanol–water partition coefficient (Wildman–Crippen LogP) is 1.57. The molecular weight excluding hydrogens is 396 g/mol. The smallest absolute Gasteiger partial charge is 0.349 e. The molecule has 0 bridgehead atoms. The molecule has 0 N–H and O–H groups in total. The summed E-state index contributed by atoms with van der Waals surface area (Å²) in [4.78, 5) is 43.0. The Bertz CT molecular complexity index is 1150. The Balaban J connectivity index is 1.49. The van der Waals surface area contributed by atoms with Crippen molar-refractivity contribution in [2.75, 3.05) is 11.4 Å². The van der Waals surface area contributed by atoms with Gasteiger partial charge in [0.25, 0.3) is 5.56 Å². The van der Waals surface area contributed by atoms with E-state index in [4.69, 9.17) is 9.47 Å². The molecule has 2 aromatic heterocycles. The van der Waals surface area contributed by atoms with E-state index < -0.39 is 12.1 Å². The highest BCUT2D eigenvalue weighted by Gasteiger charge is 2.33. The van der Waals surface area contributed by atoms with Crippen LogP contribution >= 0.6 is 11.3 Å². The van der Waals surface area contributed by atoms with Crippen molar-refractivity contribution >= 4 is 33.9 Å². The molecule has 0 fully saturated rings. The van der Waals surface area contributed by atoms with E-state index in [0.29, 0.717) is 28.5 Å². The molecular formula is C19H18N4O5S. The molecule has 1 amide bonds. The predicted molar refractivity (Wildman–Crippen MR) is 105 cm³/mol. The highest BCUT2D eigenvalue weighted by atomic mass is 32.1. The molecule has 0 radical (unpaired) electrons. The average molecular weight is 414 g/mol. The summed E-state index contributed by atoms with van der Waals surface area (Å²) >= 11 is 1.32. The second-order valence-corrected chi connectivity index (χ2v) is 7.48. The van der Waals surface area contributed by atoms with E-state index >= 15 is 0 Å². The maximum absolute atomic E-state index is 12.5. The number of para-hydroxylation sites is 2. The third kappa shape index (κ3) is 3.70. The molecule has 9 nitrogen and oxygen atoms in total. The van der Waals surface area contributed by atoms with Gasteiger partial charge in [0.1, 0.15) is 17.4 Å². The van der Waals surface area contributed by atoms with Crippen molar-refractivity contribution in [3.63, 3.8) is 0 Å². The summed E-state index contributed by atoms with van der Waals surface area (Å²) in [6.45, 7) is 3.25. The van der Waals surface area contributed by atoms with Gasteiger partial charge in [0.05, 0.1) is 17.9 Å². The number of benzene rings is 1. The summed E-state index contributed by atoms with van der Waals surface area (Å²) in [6, 6.07) is 8.29. The zero-order valence-electron chi connectivity index (χ0n) is 15.8. The number of amides is 1. The van der Waals surface area contributed by atoms with E-state index in [1.165, 1.54) is 33.7 Å². The first kappa shape index (κ1) is 19.1. The van der Waals surface area contributed by atoms with Gasteiger partial charge in [-0.05, 0) is 18.6 Å². The van der Waals surface area contributed by atoms with Crippen LogP contribution in [0.5, 0.6) is 5.75 Å². The van der Waals surface area contributed by atoms with E-state index in [9.17, 15) is 14.4 Å². The highest BCUT2D eigenvalue weighted by molar-refractivity contribution is 7.16.